The van der Waals surface area contributed by atoms with Gasteiger partial charge in [-0.05, 0) is 73.9 Å². The fourth-order valence-corrected chi connectivity index (χ4v) is 4.28. The maximum atomic E-state index is 11.3. The van der Waals surface area contributed by atoms with Gasteiger partial charge in [0.15, 0.2) is 16.6 Å². The van der Waals surface area contributed by atoms with Crippen molar-refractivity contribution >= 4 is 22.9 Å². The van der Waals surface area contributed by atoms with Gasteiger partial charge in [0.2, 0.25) is 0 Å². The first-order valence-electron chi connectivity index (χ1n) is 10.6. The first-order valence-corrected chi connectivity index (χ1v) is 16.4. The van der Waals surface area contributed by atoms with E-state index in [1.807, 2.05) is 0 Å². The van der Waals surface area contributed by atoms with Crippen LogP contribution in [0.15, 0.2) is 11.6 Å². The van der Waals surface area contributed by atoms with Crippen LogP contribution in [0.2, 0.25) is 36.3 Å². The molecule has 0 radical (unpaired) electrons. The van der Waals surface area contributed by atoms with E-state index in [1.165, 1.54) is 0 Å². The summed E-state index contributed by atoms with van der Waals surface area (Å²) in [6, 6.07) is 0. The number of allylic oxidation sites excluding steroid dienone is 2. The Morgan fingerprint density at radius 2 is 1.22 bits per heavy atom. The molecule has 0 aliphatic rings. The third kappa shape index (κ3) is 10.2. The third-order valence-electron chi connectivity index (χ3n) is 6.30. The molecule has 0 spiro atoms. The van der Waals surface area contributed by atoms with Crippen molar-refractivity contribution < 1.29 is 13.6 Å². The molecule has 0 saturated carbocycles. The lowest BCUT2D eigenvalue weighted by atomic mass is 10.1. The molecule has 0 aliphatic heterocycles. The standard InChI is InChI=1S/C22H46O3Si2/c1-21(2,3)26(7,8)24-17-13-11-12-15-20(19-23)16-14-18-25-27(9,10)22(4,5)6/h15,19H,11-14,16-18H2,1-10H3/b20-15+. The molecule has 0 bridgehead atoms. The van der Waals surface area contributed by atoms with Crippen molar-refractivity contribution in [2.75, 3.05) is 13.2 Å². The van der Waals surface area contributed by atoms with Crippen LogP contribution in [0.25, 0.3) is 0 Å². The topological polar surface area (TPSA) is 35.5 Å². The van der Waals surface area contributed by atoms with Gasteiger partial charge >= 0.3 is 0 Å². The molecule has 0 rings (SSSR count). The number of unbranched alkanes of at least 4 members (excludes halogenated alkanes) is 2. The SMILES string of the molecule is CC(C)(C)[Si](C)(C)OCCCC/C=C(/C=O)CCCO[Si](C)(C)C(C)(C)C. The van der Waals surface area contributed by atoms with Gasteiger partial charge in [-0.3, -0.25) is 4.79 Å². The Bertz CT molecular complexity index is 469. The van der Waals surface area contributed by atoms with Crippen LogP contribution in [0.4, 0.5) is 0 Å². The normalized spacial score (nSPS) is 14.5. The highest BCUT2D eigenvalue weighted by atomic mass is 28.4. The molecule has 0 heterocycles. The van der Waals surface area contributed by atoms with Crippen LogP contribution in [0.3, 0.4) is 0 Å². The second kappa shape index (κ2) is 11.1. The van der Waals surface area contributed by atoms with Gasteiger partial charge in [-0.2, -0.15) is 0 Å². The number of carbonyl (C=O) groups is 1. The smallest absolute Gasteiger partial charge is 0.191 e. The van der Waals surface area contributed by atoms with E-state index < -0.39 is 16.6 Å². The summed E-state index contributed by atoms with van der Waals surface area (Å²) in [5.74, 6) is 0. The highest BCUT2D eigenvalue weighted by molar-refractivity contribution is 6.74. The molecule has 0 aromatic heterocycles. The number of hydrogen-bond acceptors (Lipinski definition) is 3. The summed E-state index contributed by atoms with van der Waals surface area (Å²) in [6.45, 7) is 24.3. The quantitative estimate of drug-likeness (QED) is 0.148. The van der Waals surface area contributed by atoms with E-state index in [-0.39, 0.29) is 10.1 Å². The Kier molecular flexibility index (Phi) is 11.0. The third-order valence-corrected chi connectivity index (χ3v) is 15.4. The van der Waals surface area contributed by atoms with E-state index in [1.54, 1.807) is 0 Å². The molecular weight excluding hydrogens is 368 g/mol. The minimum atomic E-state index is -1.67. The van der Waals surface area contributed by atoms with Crippen LogP contribution < -0.4 is 0 Å². The summed E-state index contributed by atoms with van der Waals surface area (Å²) in [4.78, 5) is 11.3. The predicted octanol–water partition coefficient (Wildman–Crippen LogP) is 7.11. The van der Waals surface area contributed by atoms with Crippen LogP contribution >= 0.6 is 0 Å². The zero-order chi connectivity index (χ0) is 21.4. The van der Waals surface area contributed by atoms with Crippen molar-refractivity contribution in [3.63, 3.8) is 0 Å². The van der Waals surface area contributed by atoms with E-state index in [9.17, 15) is 4.79 Å². The van der Waals surface area contributed by atoms with Gasteiger partial charge in [-0.1, -0.05) is 47.6 Å². The van der Waals surface area contributed by atoms with Gasteiger partial charge in [0.05, 0.1) is 0 Å². The fourth-order valence-electron chi connectivity index (χ4n) is 2.11. The predicted molar refractivity (Wildman–Crippen MR) is 124 cm³/mol. The Morgan fingerprint density at radius 3 is 1.63 bits per heavy atom. The van der Waals surface area contributed by atoms with Crippen molar-refractivity contribution in [3.8, 4) is 0 Å². The van der Waals surface area contributed by atoms with E-state index in [4.69, 9.17) is 8.85 Å². The average molecular weight is 415 g/mol. The fraction of sp³-hybridized carbons (Fsp3) is 0.864. The lowest BCUT2D eigenvalue weighted by Crippen LogP contribution is -2.40. The van der Waals surface area contributed by atoms with Crippen molar-refractivity contribution in [1.82, 2.24) is 0 Å². The number of hydrogen-bond donors (Lipinski definition) is 0. The monoisotopic (exact) mass is 414 g/mol. The van der Waals surface area contributed by atoms with E-state index in [2.05, 4.69) is 73.8 Å². The van der Waals surface area contributed by atoms with Crippen molar-refractivity contribution in [2.24, 2.45) is 0 Å². The first-order chi connectivity index (χ1) is 12.1. The molecule has 0 aromatic rings. The maximum absolute atomic E-state index is 11.3. The zero-order valence-corrected chi connectivity index (χ0v) is 21.8. The molecule has 0 aliphatic carbocycles. The minimum absolute atomic E-state index is 0.239. The number of rotatable bonds is 12. The molecule has 5 heteroatoms. The first kappa shape index (κ1) is 26.8. The molecule has 0 atom stereocenters. The van der Waals surface area contributed by atoms with Crippen molar-refractivity contribution in [1.29, 1.82) is 0 Å². The minimum Gasteiger partial charge on any atom is -0.417 e. The van der Waals surface area contributed by atoms with Crippen LogP contribution in [0, 0.1) is 0 Å². The number of carbonyl (C=O) groups excluding carboxylic acids is 1. The zero-order valence-electron chi connectivity index (χ0n) is 19.8. The molecule has 3 nitrogen and oxygen atoms in total. The van der Waals surface area contributed by atoms with Crippen LogP contribution in [-0.4, -0.2) is 36.1 Å². The van der Waals surface area contributed by atoms with Crippen LogP contribution in [0.1, 0.15) is 73.6 Å². The van der Waals surface area contributed by atoms with Crippen molar-refractivity contribution in [3.05, 3.63) is 11.6 Å². The molecule has 0 amide bonds. The van der Waals surface area contributed by atoms with E-state index in [0.29, 0.717) is 0 Å². The van der Waals surface area contributed by atoms with Gasteiger partial charge in [-0.25, -0.2) is 0 Å². The summed E-state index contributed by atoms with van der Waals surface area (Å²) in [6.07, 6.45) is 7.95. The number of aldehydes is 1. The lowest BCUT2D eigenvalue weighted by Gasteiger charge is -2.36. The largest absolute Gasteiger partial charge is 0.417 e. The van der Waals surface area contributed by atoms with E-state index >= 15 is 0 Å². The van der Waals surface area contributed by atoms with Gasteiger partial charge in [0.1, 0.15) is 6.29 Å². The second-order valence-electron chi connectivity index (χ2n) is 10.7. The molecule has 27 heavy (non-hydrogen) atoms. The second-order valence-corrected chi connectivity index (χ2v) is 20.3. The molecule has 0 unspecified atom stereocenters. The molecule has 0 N–H and O–H groups in total. The summed E-state index contributed by atoms with van der Waals surface area (Å²) >= 11 is 0. The average Bonchev–Trinajstić information content (AvgIpc) is 2.50. The Morgan fingerprint density at radius 1 is 0.778 bits per heavy atom. The highest BCUT2D eigenvalue weighted by Gasteiger charge is 2.37. The van der Waals surface area contributed by atoms with Crippen molar-refractivity contribution in [2.45, 2.75) is 110 Å². The van der Waals surface area contributed by atoms with Crippen LogP contribution in [-0.2, 0) is 13.6 Å². The summed E-state index contributed by atoms with van der Waals surface area (Å²) in [5, 5.41) is 0.507. The molecular formula is C22H46O3Si2. The maximum Gasteiger partial charge on any atom is 0.191 e. The summed E-state index contributed by atoms with van der Waals surface area (Å²) in [5.41, 5.74) is 0.916. The Labute approximate surface area is 171 Å². The van der Waals surface area contributed by atoms with Crippen LogP contribution in [0.5, 0.6) is 0 Å². The van der Waals surface area contributed by atoms with Gasteiger partial charge in [0.25, 0.3) is 0 Å². The molecule has 0 aromatic carbocycles. The Hall–Kier alpha value is -0.236. The van der Waals surface area contributed by atoms with Gasteiger partial charge < -0.3 is 8.85 Å². The lowest BCUT2D eigenvalue weighted by molar-refractivity contribution is -0.105. The van der Waals surface area contributed by atoms with Gasteiger partial charge in [0, 0.05) is 13.2 Å². The molecule has 0 fully saturated rings. The highest BCUT2D eigenvalue weighted by Crippen LogP contribution is 2.37. The van der Waals surface area contributed by atoms with Gasteiger partial charge in [-0.15, -0.1) is 0 Å². The molecule has 160 valence electrons. The summed E-state index contributed by atoms with van der Waals surface area (Å²) in [7, 11) is -3.30. The summed E-state index contributed by atoms with van der Waals surface area (Å²) < 4.78 is 12.4. The molecule has 0 saturated heterocycles. The Balaban J connectivity index is 4.09. The van der Waals surface area contributed by atoms with E-state index in [0.717, 1.165) is 57.2 Å².